The largest absolute Gasteiger partial charge is 0.377 e. The van der Waals surface area contributed by atoms with Crippen LogP contribution in [0.2, 0.25) is 0 Å². The van der Waals surface area contributed by atoms with E-state index in [9.17, 15) is 8.42 Å². The minimum Gasteiger partial charge on any atom is -0.377 e. The first-order chi connectivity index (χ1) is 9.85. The van der Waals surface area contributed by atoms with E-state index in [2.05, 4.69) is 23.9 Å². The van der Waals surface area contributed by atoms with Gasteiger partial charge in [0.25, 0.3) is 0 Å². The number of nitrogens with one attached hydrogen (secondary N) is 2. The first-order valence-electron chi connectivity index (χ1n) is 7.28. The van der Waals surface area contributed by atoms with Crippen LogP contribution in [0.25, 0.3) is 0 Å². The van der Waals surface area contributed by atoms with E-state index in [1.54, 1.807) is 12.1 Å². The number of hydrogen-bond acceptors (Lipinski definition) is 4. The molecule has 0 spiro atoms. The number of rotatable bonds is 9. The van der Waals surface area contributed by atoms with Gasteiger partial charge in [-0.2, -0.15) is 0 Å². The average Bonchev–Trinajstić information content (AvgIpc) is 2.44. The van der Waals surface area contributed by atoms with Gasteiger partial charge < -0.3 is 10.1 Å². The zero-order valence-corrected chi connectivity index (χ0v) is 14.0. The van der Waals surface area contributed by atoms with E-state index in [4.69, 9.17) is 4.74 Å². The summed E-state index contributed by atoms with van der Waals surface area (Å²) in [4.78, 5) is 0.277. The molecule has 1 aromatic carbocycles. The predicted molar refractivity (Wildman–Crippen MR) is 84.7 cm³/mol. The first-order valence-corrected chi connectivity index (χ1v) is 8.77. The Bertz CT molecular complexity index is 512. The SMILES string of the molecule is CCOC(C)CNS(=O)(=O)c1ccc(CNC(C)C)cc1. The highest BCUT2D eigenvalue weighted by Crippen LogP contribution is 2.10. The van der Waals surface area contributed by atoms with Gasteiger partial charge in [-0.15, -0.1) is 0 Å². The highest BCUT2D eigenvalue weighted by atomic mass is 32.2. The molecule has 5 nitrogen and oxygen atoms in total. The molecule has 120 valence electrons. The summed E-state index contributed by atoms with van der Waals surface area (Å²) in [6.07, 6.45) is -0.140. The van der Waals surface area contributed by atoms with Crippen molar-refractivity contribution in [1.82, 2.24) is 10.0 Å². The molecule has 0 aromatic heterocycles. The third-order valence-corrected chi connectivity index (χ3v) is 4.40. The van der Waals surface area contributed by atoms with Crippen molar-refractivity contribution in [3.05, 3.63) is 29.8 Å². The molecule has 0 aliphatic rings. The summed E-state index contributed by atoms with van der Waals surface area (Å²) in [6.45, 7) is 9.44. The van der Waals surface area contributed by atoms with Crippen LogP contribution in [0.15, 0.2) is 29.2 Å². The van der Waals surface area contributed by atoms with Gasteiger partial charge in [0.1, 0.15) is 0 Å². The predicted octanol–water partition coefficient (Wildman–Crippen LogP) is 1.89. The van der Waals surface area contributed by atoms with Crippen molar-refractivity contribution >= 4 is 10.0 Å². The Hall–Kier alpha value is -0.950. The van der Waals surface area contributed by atoms with E-state index < -0.39 is 10.0 Å². The molecule has 0 aliphatic heterocycles. The van der Waals surface area contributed by atoms with Crippen LogP contribution in [-0.2, 0) is 21.3 Å². The minimum atomic E-state index is -3.47. The molecule has 0 aliphatic carbocycles. The summed E-state index contributed by atoms with van der Waals surface area (Å²) < 4.78 is 32.1. The Morgan fingerprint density at radius 1 is 1.14 bits per heavy atom. The van der Waals surface area contributed by atoms with E-state index >= 15 is 0 Å². The number of sulfonamides is 1. The van der Waals surface area contributed by atoms with Crippen LogP contribution in [0.3, 0.4) is 0 Å². The van der Waals surface area contributed by atoms with Crippen LogP contribution < -0.4 is 10.0 Å². The summed E-state index contributed by atoms with van der Waals surface area (Å²) >= 11 is 0. The maximum absolute atomic E-state index is 12.1. The van der Waals surface area contributed by atoms with Gasteiger partial charge in [0.2, 0.25) is 10.0 Å². The lowest BCUT2D eigenvalue weighted by molar-refractivity contribution is 0.0799. The molecule has 2 N–H and O–H groups in total. The molecular formula is C15H26N2O3S. The second-order valence-corrected chi connectivity index (χ2v) is 7.06. The number of ether oxygens (including phenoxy) is 1. The molecule has 21 heavy (non-hydrogen) atoms. The van der Waals surface area contributed by atoms with Crippen molar-refractivity contribution in [1.29, 1.82) is 0 Å². The van der Waals surface area contributed by atoms with Gasteiger partial charge in [0.05, 0.1) is 11.0 Å². The van der Waals surface area contributed by atoms with E-state index in [1.807, 2.05) is 26.0 Å². The second kappa shape index (κ2) is 8.48. The van der Waals surface area contributed by atoms with Gasteiger partial charge in [0.15, 0.2) is 0 Å². The van der Waals surface area contributed by atoms with E-state index in [1.165, 1.54) is 0 Å². The molecule has 0 saturated carbocycles. The van der Waals surface area contributed by atoms with Gasteiger partial charge in [-0.3, -0.25) is 0 Å². The lowest BCUT2D eigenvalue weighted by Gasteiger charge is -2.13. The number of hydrogen-bond donors (Lipinski definition) is 2. The molecule has 1 aromatic rings. The maximum Gasteiger partial charge on any atom is 0.240 e. The third-order valence-electron chi connectivity index (χ3n) is 2.96. The molecule has 1 rings (SSSR count). The molecule has 6 heteroatoms. The van der Waals surface area contributed by atoms with Crippen LogP contribution >= 0.6 is 0 Å². The van der Waals surface area contributed by atoms with Crippen LogP contribution in [-0.4, -0.2) is 33.7 Å². The lowest BCUT2D eigenvalue weighted by atomic mass is 10.2. The summed E-state index contributed by atoms with van der Waals surface area (Å²) in [5.74, 6) is 0. The summed E-state index contributed by atoms with van der Waals surface area (Å²) in [7, 11) is -3.47. The average molecular weight is 314 g/mol. The minimum absolute atomic E-state index is 0.140. The fraction of sp³-hybridized carbons (Fsp3) is 0.600. The summed E-state index contributed by atoms with van der Waals surface area (Å²) in [5.41, 5.74) is 1.06. The third kappa shape index (κ3) is 6.56. The molecule has 1 unspecified atom stereocenters. The van der Waals surface area contributed by atoms with Crippen molar-refractivity contribution in [2.24, 2.45) is 0 Å². The summed E-state index contributed by atoms with van der Waals surface area (Å²) in [5, 5.41) is 3.29. The van der Waals surface area contributed by atoms with Crippen molar-refractivity contribution < 1.29 is 13.2 Å². The summed E-state index contributed by atoms with van der Waals surface area (Å²) in [6, 6.07) is 7.32. The molecule has 0 saturated heterocycles. The van der Waals surface area contributed by atoms with Crippen molar-refractivity contribution in [3.8, 4) is 0 Å². The molecule has 0 radical (unpaired) electrons. The first kappa shape index (κ1) is 18.1. The standard InChI is InChI=1S/C15H26N2O3S/c1-5-20-13(4)10-17-21(18,19)15-8-6-14(7-9-15)11-16-12(2)3/h6-9,12-13,16-17H,5,10-11H2,1-4H3. The van der Waals surface area contributed by atoms with E-state index in [-0.39, 0.29) is 17.5 Å². The van der Waals surface area contributed by atoms with Gasteiger partial charge >= 0.3 is 0 Å². The van der Waals surface area contributed by atoms with Crippen LogP contribution in [0.5, 0.6) is 0 Å². The topological polar surface area (TPSA) is 67.4 Å². The fourth-order valence-electron chi connectivity index (χ4n) is 1.76. The second-order valence-electron chi connectivity index (χ2n) is 5.30. The van der Waals surface area contributed by atoms with Crippen molar-refractivity contribution in [3.63, 3.8) is 0 Å². The van der Waals surface area contributed by atoms with Gasteiger partial charge in [-0.25, -0.2) is 13.1 Å². The highest BCUT2D eigenvalue weighted by Gasteiger charge is 2.15. The molecule has 0 fully saturated rings. The molecule has 0 bridgehead atoms. The quantitative estimate of drug-likeness (QED) is 0.730. The Labute approximate surface area is 128 Å². The van der Waals surface area contributed by atoms with Gasteiger partial charge in [-0.1, -0.05) is 26.0 Å². The van der Waals surface area contributed by atoms with E-state index in [0.717, 1.165) is 12.1 Å². The number of benzene rings is 1. The zero-order valence-electron chi connectivity index (χ0n) is 13.2. The van der Waals surface area contributed by atoms with Gasteiger partial charge in [-0.05, 0) is 31.5 Å². The van der Waals surface area contributed by atoms with Crippen molar-refractivity contribution in [2.45, 2.75) is 51.3 Å². The molecule has 0 heterocycles. The Balaban J connectivity index is 2.62. The Morgan fingerprint density at radius 3 is 2.29 bits per heavy atom. The molecule has 1 atom stereocenters. The molecule has 0 amide bonds. The van der Waals surface area contributed by atoms with Crippen LogP contribution in [0.4, 0.5) is 0 Å². The van der Waals surface area contributed by atoms with Gasteiger partial charge in [0, 0.05) is 25.7 Å². The smallest absolute Gasteiger partial charge is 0.240 e. The van der Waals surface area contributed by atoms with Crippen molar-refractivity contribution in [2.75, 3.05) is 13.2 Å². The Kier molecular flexibility index (Phi) is 7.31. The fourth-order valence-corrected chi connectivity index (χ4v) is 2.88. The zero-order chi connectivity index (χ0) is 15.9. The maximum atomic E-state index is 12.1. The van der Waals surface area contributed by atoms with E-state index in [0.29, 0.717) is 12.6 Å². The Morgan fingerprint density at radius 2 is 1.76 bits per heavy atom. The van der Waals surface area contributed by atoms with Crippen LogP contribution in [0, 0.1) is 0 Å². The highest BCUT2D eigenvalue weighted by molar-refractivity contribution is 7.89. The lowest BCUT2D eigenvalue weighted by Crippen LogP contribution is -2.32. The van der Waals surface area contributed by atoms with Crippen LogP contribution in [0.1, 0.15) is 33.3 Å². The molecular weight excluding hydrogens is 288 g/mol. The normalized spacial score (nSPS) is 13.6. The monoisotopic (exact) mass is 314 g/mol.